The number of aliphatic hydroxyl groups is 1. The zero-order valence-corrected chi connectivity index (χ0v) is 10.6. The molecular formula is C12H17N3O4. The molecule has 0 radical (unpaired) electrons. The van der Waals surface area contributed by atoms with Gasteiger partial charge >= 0.3 is 0 Å². The van der Waals surface area contributed by atoms with E-state index in [1.54, 1.807) is 6.07 Å². The highest BCUT2D eigenvalue weighted by Crippen LogP contribution is 2.21. The zero-order valence-electron chi connectivity index (χ0n) is 10.6. The average Bonchev–Trinajstić information content (AvgIpc) is 2.45. The van der Waals surface area contributed by atoms with Gasteiger partial charge in [0.05, 0.1) is 24.2 Å². The fraction of sp³-hybridized carbons (Fsp3) is 0.583. The molecule has 1 aliphatic heterocycles. The molecule has 1 N–H and O–H groups in total. The Bertz CT molecular complexity index is 423. The first-order valence-corrected chi connectivity index (χ1v) is 6.28. The monoisotopic (exact) mass is 267 g/mol. The van der Waals surface area contributed by atoms with Gasteiger partial charge in [0.2, 0.25) is 0 Å². The Balaban J connectivity index is 1.98. The molecule has 0 aliphatic carbocycles. The Morgan fingerprint density at radius 3 is 3.05 bits per heavy atom. The van der Waals surface area contributed by atoms with Gasteiger partial charge in [0.25, 0.3) is 5.69 Å². The van der Waals surface area contributed by atoms with Crippen molar-refractivity contribution in [2.45, 2.75) is 18.9 Å². The summed E-state index contributed by atoms with van der Waals surface area (Å²) in [6.07, 6.45) is 3.30. The van der Waals surface area contributed by atoms with Gasteiger partial charge in [-0.3, -0.25) is 10.1 Å². The molecule has 0 spiro atoms. The minimum Gasteiger partial charge on any atom is -0.394 e. The van der Waals surface area contributed by atoms with Crippen LogP contribution in [0.1, 0.15) is 12.8 Å². The van der Waals surface area contributed by atoms with Crippen LogP contribution in [0.2, 0.25) is 0 Å². The number of ether oxygens (including phenoxy) is 1. The maximum absolute atomic E-state index is 10.6. The molecule has 19 heavy (non-hydrogen) atoms. The molecule has 1 atom stereocenters. The van der Waals surface area contributed by atoms with Gasteiger partial charge in [-0.25, -0.2) is 4.98 Å². The third-order valence-corrected chi connectivity index (χ3v) is 3.09. The second-order valence-electron chi connectivity index (χ2n) is 4.44. The van der Waals surface area contributed by atoms with Crippen molar-refractivity contribution < 1.29 is 14.8 Å². The number of hydrogen-bond donors (Lipinski definition) is 1. The van der Waals surface area contributed by atoms with Crippen LogP contribution in [0.5, 0.6) is 0 Å². The number of nitro groups is 1. The lowest BCUT2D eigenvalue weighted by molar-refractivity contribution is -0.385. The molecule has 1 saturated heterocycles. The normalized spacial score (nSPS) is 19.4. The van der Waals surface area contributed by atoms with Crippen molar-refractivity contribution in [3.8, 4) is 0 Å². The maximum atomic E-state index is 10.6. The van der Waals surface area contributed by atoms with Gasteiger partial charge < -0.3 is 14.7 Å². The summed E-state index contributed by atoms with van der Waals surface area (Å²) in [6.45, 7) is 1.92. The van der Waals surface area contributed by atoms with E-state index in [0.717, 1.165) is 25.2 Å². The summed E-state index contributed by atoms with van der Waals surface area (Å²) in [5.41, 5.74) is -0.00570. The Hall–Kier alpha value is -1.73. The first kappa shape index (κ1) is 13.7. The molecule has 1 fully saturated rings. The molecule has 1 unspecified atom stereocenters. The van der Waals surface area contributed by atoms with E-state index < -0.39 is 4.92 Å². The first-order valence-electron chi connectivity index (χ1n) is 6.28. The van der Waals surface area contributed by atoms with E-state index in [1.807, 2.05) is 0 Å². The molecular weight excluding hydrogens is 250 g/mol. The molecule has 0 bridgehead atoms. The van der Waals surface area contributed by atoms with Crippen LogP contribution in [0.4, 0.5) is 11.5 Å². The van der Waals surface area contributed by atoms with Crippen molar-refractivity contribution in [1.29, 1.82) is 0 Å². The highest BCUT2D eigenvalue weighted by Gasteiger charge is 2.21. The number of aromatic nitrogens is 1. The molecule has 7 nitrogen and oxygen atoms in total. The van der Waals surface area contributed by atoms with Crippen LogP contribution in [0.15, 0.2) is 18.3 Å². The van der Waals surface area contributed by atoms with Crippen molar-refractivity contribution >= 4 is 11.5 Å². The molecule has 104 valence electrons. The highest BCUT2D eigenvalue weighted by atomic mass is 16.6. The van der Waals surface area contributed by atoms with Crippen molar-refractivity contribution in [3.63, 3.8) is 0 Å². The van der Waals surface area contributed by atoms with Gasteiger partial charge in [0.15, 0.2) is 0 Å². The first-order chi connectivity index (χ1) is 9.20. The zero-order chi connectivity index (χ0) is 13.7. The molecule has 1 aromatic rings. The SMILES string of the molecule is O=[N+]([O-])c1ccc(N2CCCC(OCCO)C2)nc1. The number of rotatable bonds is 5. The summed E-state index contributed by atoms with van der Waals surface area (Å²) in [4.78, 5) is 16.3. The number of pyridine rings is 1. The van der Waals surface area contributed by atoms with Crippen molar-refractivity contribution in [2.24, 2.45) is 0 Å². The predicted molar refractivity (Wildman–Crippen MR) is 69.2 cm³/mol. The summed E-state index contributed by atoms with van der Waals surface area (Å²) in [5, 5.41) is 19.3. The van der Waals surface area contributed by atoms with Gasteiger partial charge in [-0.05, 0) is 18.9 Å². The van der Waals surface area contributed by atoms with Crippen LogP contribution in [0.25, 0.3) is 0 Å². The molecule has 0 saturated carbocycles. The van der Waals surface area contributed by atoms with Crippen LogP contribution in [0, 0.1) is 10.1 Å². The maximum Gasteiger partial charge on any atom is 0.287 e. The number of hydrogen-bond acceptors (Lipinski definition) is 6. The van der Waals surface area contributed by atoms with Gasteiger partial charge in [-0.2, -0.15) is 0 Å². The smallest absolute Gasteiger partial charge is 0.287 e. The molecule has 1 aromatic heterocycles. The van der Waals surface area contributed by atoms with E-state index in [1.165, 1.54) is 12.3 Å². The topological polar surface area (TPSA) is 88.7 Å². The van der Waals surface area contributed by atoms with Crippen LogP contribution in [-0.2, 0) is 4.74 Å². The standard InChI is InChI=1S/C12H17N3O4/c16-6-7-19-11-2-1-5-14(9-11)12-4-3-10(8-13-12)15(17)18/h3-4,8,11,16H,1-2,5-7,9H2. The van der Waals surface area contributed by atoms with Crippen molar-refractivity contribution in [3.05, 3.63) is 28.4 Å². The van der Waals surface area contributed by atoms with E-state index in [-0.39, 0.29) is 18.4 Å². The van der Waals surface area contributed by atoms with Crippen LogP contribution in [0.3, 0.4) is 0 Å². The summed E-state index contributed by atoms with van der Waals surface area (Å²) >= 11 is 0. The Morgan fingerprint density at radius 2 is 2.42 bits per heavy atom. The average molecular weight is 267 g/mol. The third-order valence-electron chi connectivity index (χ3n) is 3.09. The second kappa shape index (κ2) is 6.44. The number of anilines is 1. The van der Waals surface area contributed by atoms with Gasteiger partial charge in [0, 0.05) is 19.2 Å². The fourth-order valence-corrected chi connectivity index (χ4v) is 2.18. The van der Waals surface area contributed by atoms with E-state index in [9.17, 15) is 10.1 Å². The second-order valence-corrected chi connectivity index (χ2v) is 4.44. The van der Waals surface area contributed by atoms with Gasteiger partial charge in [0.1, 0.15) is 12.0 Å². The van der Waals surface area contributed by atoms with E-state index >= 15 is 0 Å². The molecule has 2 heterocycles. The van der Waals surface area contributed by atoms with Crippen LogP contribution >= 0.6 is 0 Å². The van der Waals surface area contributed by atoms with Crippen LogP contribution < -0.4 is 4.90 Å². The molecule has 2 rings (SSSR count). The predicted octanol–water partition coefficient (Wildman–Crippen LogP) is 0.968. The molecule has 0 aromatic carbocycles. The molecule has 1 aliphatic rings. The quantitative estimate of drug-likeness (QED) is 0.631. The third kappa shape index (κ3) is 3.62. The number of aliphatic hydroxyl groups excluding tert-OH is 1. The van der Waals surface area contributed by atoms with Gasteiger partial charge in [-0.1, -0.05) is 0 Å². The van der Waals surface area contributed by atoms with Gasteiger partial charge in [-0.15, -0.1) is 0 Å². The Labute approximate surface area is 111 Å². The lowest BCUT2D eigenvalue weighted by Crippen LogP contribution is -2.40. The lowest BCUT2D eigenvalue weighted by Gasteiger charge is -2.33. The van der Waals surface area contributed by atoms with Crippen molar-refractivity contribution in [2.75, 3.05) is 31.2 Å². The summed E-state index contributed by atoms with van der Waals surface area (Å²) in [7, 11) is 0. The summed E-state index contributed by atoms with van der Waals surface area (Å²) in [5.74, 6) is 0.725. The largest absolute Gasteiger partial charge is 0.394 e. The Kier molecular flexibility index (Phi) is 4.64. The van der Waals surface area contributed by atoms with E-state index in [0.29, 0.717) is 13.2 Å². The highest BCUT2D eigenvalue weighted by molar-refractivity contribution is 5.43. The Morgan fingerprint density at radius 1 is 1.58 bits per heavy atom. The molecule has 0 amide bonds. The van der Waals surface area contributed by atoms with E-state index in [2.05, 4.69) is 9.88 Å². The van der Waals surface area contributed by atoms with Crippen LogP contribution in [-0.4, -0.2) is 47.4 Å². The number of piperidine rings is 1. The minimum absolute atomic E-state index is 0.00570. The fourth-order valence-electron chi connectivity index (χ4n) is 2.18. The molecule has 7 heteroatoms. The lowest BCUT2D eigenvalue weighted by atomic mass is 10.1. The van der Waals surface area contributed by atoms with E-state index in [4.69, 9.17) is 9.84 Å². The van der Waals surface area contributed by atoms with Crippen molar-refractivity contribution in [1.82, 2.24) is 4.98 Å². The summed E-state index contributed by atoms with van der Waals surface area (Å²) in [6, 6.07) is 3.12. The minimum atomic E-state index is -0.458. The summed E-state index contributed by atoms with van der Waals surface area (Å²) < 4.78 is 5.52. The number of nitrogens with zero attached hydrogens (tertiary/aromatic N) is 3.